The van der Waals surface area contributed by atoms with Gasteiger partial charge in [0.1, 0.15) is 0 Å². The first-order valence-corrected chi connectivity index (χ1v) is 9.01. The van der Waals surface area contributed by atoms with Crippen molar-refractivity contribution in [3.05, 3.63) is 35.9 Å². The van der Waals surface area contributed by atoms with E-state index in [9.17, 15) is 14.7 Å². The third-order valence-electron chi connectivity index (χ3n) is 4.53. The molecule has 1 aromatic rings. The lowest BCUT2D eigenvalue weighted by molar-refractivity contribution is -0.122. The smallest absolute Gasteiger partial charge is 0.318 e. The lowest BCUT2D eigenvalue weighted by Gasteiger charge is -2.54. The highest BCUT2D eigenvalue weighted by molar-refractivity contribution is 5.79. The van der Waals surface area contributed by atoms with Gasteiger partial charge in [-0.2, -0.15) is 0 Å². The molecule has 2 rings (SSSR count). The number of urea groups is 1. The monoisotopic (exact) mass is 362 g/mol. The number of likely N-dealkylation sites (tertiary alicyclic amines) is 1. The highest BCUT2D eigenvalue weighted by Crippen LogP contribution is 2.40. The van der Waals surface area contributed by atoms with E-state index in [-0.39, 0.29) is 42.6 Å². The average molecular weight is 362 g/mol. The fourth-order valence-electron chi connectivity index (χ4n) is 3.48. The summed E-state index contributed by atoms with van der Waals surface area (Å²) >= 11 is 0. The Morgan fingerprint density at radius 2 is 1.85 bits per heavy atom. The van der Waals surface area contributed by atoms with Crippen LogP contribution in [0.2, 0.25) is 0 Å². The molecule has 3 N–H and O–H groups in total. The molecule has 1 aliphatic rings. The van der Waals surface area contributed by atoms with E-state index in [4.69, 9.17) is 0 Å². The maximum atomic E-state index is 12.6. The van der Waals surface area contributed by atoms with E-state index < -0.39 is 0 Å². The van der Waals surface area contributed by atoms with E-state index in [1.54, 1.807) is 9.80 Å². The van der Waals surface area contributed by atoms with Gasteiger partial charge in [0.15, 0.2) is 0 Å². The fourth-order valence-corrected chi connectivity index (χ4v) is 3.48. The molecule has 0 aromatic heterocycles. The third-order valence-corrected chi connectivity index (χ3v) is 4.53. The minimum absolute atomic E-state index is 0.00148. The number of amides is 3. The molecule has 3 amide bonds. The van der Waals surface area contributed by atoms with E-state index in [2.05, 4.69) is 10.6 Å². The van der Waals surface area contributed by atoms with Crippen molar-refractivity contribution in [2.45, 2.75) is 37.9 Å². The number of aliphatic hydroxyl groups is 1. The van der Waals surface area contributed by atoms with Gasteiger partial charge in [0.2, 0.25) is 5.91 Å². The van der Waals surface area contributed by atoms with E-state index in [1.807, 2.05) is 58.3 Å². The van der Waals surface area contributed by atoms with Crippen molar-refractivity contribution in [2.75, 3.05) is 33.8 Å². The standard InChI is InChI=1S/C19H30N4O3/c1-13(2)21-19(26)23-15(10-20-17(25)11-22(3)4)18(16(23)12-24)14-8-6-5-7-9-14/h5-9,13,15-16,18,24H,10-12H2,1-4H3,(H,20,25)(H,21,26)/t15-,16+,18-/m0/s1. The first kappa shape index (κ1) is 20.2. The summed E-state index contributed by atoms with van der Waals surface area (Å²) in [5.41, 5.74) is 1.06. The highest BCUT2D eigenvalue weighted by Gasteiger charge is 2.51. The van der Waals surface area contributed by atoms with Crippen LogP contribution in [0.1, 0.15) is 25.3 Å². The Morgan fingerprint density at radius 3 is 2.38 bits per heavy atom. The predicted octanol–water partition coefficient (Wildman–Crippen LogP) is 0.611. The summed E-state index contributed by atoms with van der Waals surface area (Å²) in [6, 6.07) is 9.13. The summed E-state index contributed by atoms with van der Waals surface area (Å²) in [4.78, 5) is 28.1. The summed E-state index contributed by atoms with van der Waals surface area (Å²) in [5, 5.41) is 15.7. The number of nitrogens with zero attached hydrogens (tertiary/aromatic N) is 2. The van der Waals surface area contributed by atoms with Crippen LogP contribution in [0.4, 0.5) is 4.79 Å². The Hall–Kier alpha value is -2.12. The molecule has 7 nitrogen and oxygen atoms in total. The zero-order chi connectivity index (χ0) is 19.3. The molecule has 0 unspecified atom stereocenters. The van der Waals surface area contributed by atoms with Crippen LogP contribution in [0, 0.1) is 0 Å². The van der Waals surface area contributed by atoms with Crippen LogP contribution in [0.25, 0.3) is 0 Å². The Balaban J connectivity index is 2.17. The molecule has 7 heteroatoms. The number of hydrogen-bond donors (Lipinski definition) is 3. The van der Waals surface area contributed by atoms with Crippen molar-refractivity contribution >= 4 is 11.9 Å². The van der Waals surface area contributed by atoms with Crippen LogP contribution in [0.5, 0.6) is 0 Å². The Morgan fingerprint density at radius 1 is 1.19 bits per heavy atom. The fraction of sp³-hybridized carbons (Fsp3) is 0.579. The molecule has 1 saturated heterocycles. The van der Waals surface area contributed by atoms with Crippen LogP contribution in [-0.4, -0.2) is 78.8 Å². The number of benzene rings is 1. The molecule has 1 aliphatic heterocycles. The van der Waals surface area contributed by atoms with Gasteiger partial charge in [-0.3, -0.25) is 4.79 Å². The molecule has 0 radical (unpaired) electrons. The van der Waals surface area contributed by atoms with Crippen molar-refractivity contribution < 1.29 is 14.7 Å². The summed E-state index contributed by atoms with van der Waals surface area (Å²) in [5.74, 6) is -0.0998. The van der Waals surface area contributed by atoms with Crippen molar-refractivity contribution in [3.8, 4) is 0 Å². The van der Waals surface area contributed by atoms with E-state index in [1.165, 1.54) is 0 Å². The average Bonchev–Trinajstić information content (AvgIpc) is 2.53. The Labute approximate surface area is 155 Å². The minimum Gasteiger partial charge on any atom is -0.394 e. The summed E-state index contributed by atoms with van der Waals surface area (Å²) in [6.45, 7) is 4.33. The van der Waals surface area contributed by atoms with Gasteiger partial charge in [0.05, 0.1) is 25.2 Å². The third kappa shape index (κ3) is 4.74. The zero-order valence-corrected chi connectivity index (χ0v) is 16.0. The molecule has 1 aromatic carbocycles. The molecule has 0 spiro atoms. The van der Waals surface area contributed by atoms with E-state index in [0.717, 1.165) is 5.56 Å². The van der Waals surface area contributed by atoms with Gasteiger partial charge in [0.25, 0.3) is 0 Å². The van der Waals surface area contributed by atoms with Gasteiger partial charge in [-0.15, -0.1) is 0 Å². The maximum absolute atomic E-state index is 12.6. The van der Waals surface area contributed by atoms with Crippen LogP contribution in [0.15, 0.2) is 30.3 Å². The van der Waals surface area contributed by atoms with E-state index >= 15 is 0 Å². The van der Waals surface area contributed by atoms with Crippen LogP contribution < -0.4 is 10.6 Å². The maximum Gasteiger partial charge on any atom is 0.318 e. The first-order valence-electron chi connectivity index (χ1n) is 9.01. The second-order valence-corrected chi connectivity index (χ2v) is 7.31. The number of likely N-dealkylation sites (N-methyl/N-ethyl adjacent to an activating group) is 1. The molecular formula is C19H30N4O3. The normalized spacial score (nSPS) is 22.3. The van der Waals surface area contributed by atoms with Gasteiger partial charge in [-0.05, 0) is 33.5 Å². The van der Waals surface area contributed by atoms with Crippen molar-refractivity contribution in [3.63, 3.8) is 0 Å². The Kier molecular flexibility index (Phi) is 6.99. The molecule has 144 valence electrons. The van der Waals surface area contributed by atoms with Gasteiger partial charge in [-0.25, -0.2) is 4.79 Å². The quantitative estimate of drug-likeness (QED) is 0.664. The molecular weight excluding hydrogens is 332 g/mol. The summed E-state index contributed by atoms with van der Waals surface area (Å²) in [6.07, 6.45) is 0. The minimum atomic E-state index is -0.299. The molecule has 1 heterocycles. The van der Waals surface area contributed by atoms with E-state index in [0.29, 0.717) is 13.1 Å². The molecule has 26 heavy (non-hydrogen) atoms. The van der Waals surface area contributed by atoms with Crippen LogP contribution >= 0.6 is 0 Å². The molecule has 0 bridgehead atoms. The largest absolute Gasteiger partial charge is 0.394 e. The topological polar surface area (TPSA) is 84.9 Å². The zero-order valence-electron chi connectivity index (χ0n) is 16.0. The van der Waals surface area contributed by atoms with Gasteiger partial charge in [0, 0.05) is 18.5 Å². The molecule has 0 saturated carbocycles. The highest BCUT2D eigenvalue weighted by atomic mass is 16.3. The van der Waals surface area contributed by atoms with Crippen LogP contribution in [-0.2, 0) is 4.79 Å². The van der Waals surface area contributed by atoms with Crippen molar-refractivity contribution in [2.24, 2.45) is 0 Å². The van der Waals surface area contributed by atoms with Crippen LogP contribution in [0.3, 0.4) is 0 Å². The summed E-state index contributed by atoms with van der Waals surface area (Å²) in [7, 11) is 3.67. The van der Waals surface area contributed by atoms with Gasteiger partial charge in [-0.1, -0.05) is 30.3 Å². The van der Waals surface area contributed by atoms with Crippen molar-refractivity contribution in [1.29, 1.82) is 0 Å². The SMILES string of the molecule is CC(C)NC(=O)N1[C@H](CO)[C@@H](c2ccccc2)[C@@H]1CNC(=O)CN(C)C. The summed E-state index contributed by atoms with van der Waals surface area (Å²) < 4.78 is 0. The lowest BCUT2D eigenvalue weighted by atomic mass is 9.75. The predicted molar refractivity (Wildman–Crippen MR) is 101 cm³/mol. The molecule has 0 aliphatic carbocycles. The lowest BCUT2D eigenvalue weighted by Crippen LogP contribution is -2.70. The number of nitrogens with one attached hydrogen (secondary N) is 2. The number of hydrogen-bond acceptors (Lipinski definition) is 4. The number of carbonyl (C=O) groups excluding carboxylic acids is 2. The van der Waals surface area contributed by atoms with Gasteiger partial charge >= 0.3 is 6.03 Å². The number of rotatable bonds is 7. The second-order valence-electron chi connectivity index (χ2n) is 7.31. The number of carbonyl (C=O) groups is 2. The second kappa shape index (κ2) is 9.00. The molecule has 3 atom stereocenters. The van der Waals surface area contributed by atoms with Crippen molar-refractivity contribution in [1.82, 2.24) is 20.4 Å². The molecule has 1 fully saturated rings. The first-order chi connectivity index (χ1) is 12.3. The van der Waals surface area contributed by atoms with Gasteiger partial charge < -0.3 is 25.5 Å². The number of aliphatic hydroxyl groups excluding tert-OH is 1. The Bertz CT molecular complexity index is 606.